The van der Waals surface area contributed by atoms with E-state index in [1.807, 2.05) is 6.26 Å². The maximum absolute atomic E-state index is 11.6. The Morgan fingerprint density at radius 2 is 2.38 bits per heavy atom. The predicted octanol–water partition coefficient (Wildman–Crippen LogP) is -0.251. The fraction of sp³-hybridized carbons (Fsp3) is 0.429. The molecule has 1 aromatic heterocycles. The highest BCUT2D eigenvalue weighted by atomic mass is 32.2. The van der Waals surface area contributed by atoms with Gasteiger partial charge in [0, 0.05) is 12.3 Å². The van der Waals surface area contributed by atoms with Crippen LogP contribution in [-0.2, 0) is 10.0 Å². The van der Waals surface area contributed by atoms with Gasteiger partial charge in [-0.3, -0.25) is 5.10 Å². The number of nitrogens with zero attached hydrogens (tertiary/aromatic N) is 1. The Morgan fingerprint density at radius 1 is 1.69 bits per heavy atom. The lowest BCUT2D eigenvalue weighted by molar-refractivity contribution is 0.0692. The van der Waals surface area contributed by atoms with Crippen LogP contribution in [0.3, 0.4) is 0 Å². The molecule has 0 fully saturated rings. The summed E-state index contributed by atoms with van der Waals surface area (Å²) in [5, 5.41) is 13.9. The van der Waals surface area contributed by atoms with Gasteiger partial charge >= 0.3 is 5.97 Å². The normalized spacial score (nSPS) is 11.6. The highest BCUT2D eigenvalue weighted by Crippen LogP contribution is 2.11. The number of hydrogen-bond acceptors (Lipinski definition) is 5. The fourth-order valence-corrected chi connectivity index (χ4v) is 2.53. The van der Waals surface area contributed by atoms with Crippen molar-refractivity contribution >= 4 is 27.8 Å². The van der Waals surface area contributed by atoms with Crippen LogP contribution in [0, 0.1) is 0 Å². The number of hydrogen-bond donors (Lipinski definition) is 3. The first-order valence-electron chi connectivity index (χ1n) is 4.24. The van der Waals surface area contributed by atoms with Gasteiger partial charge in [-0.1, -0.05) is 0 Å². The Morgan fingerprint density at radius 3 is 2.94 bits per heavy atom. The van der Waals surface area contributed by atoms with Crippen LogP contribution < -0.4 is 4.72 Å². The first-order valence-corrected chi connectivity index (χ1v) is 7.12. The molecular weight excluding hydrogens is 254 g/mol. The van der Waals surface area contributed by atoms with Crippen molar-refractivity contribution in [1.29, 1.82) is 0 Å². The van der Waals surface area contributed by atoms with Gasteiger partial charge in [0.05, 0.1) is 6.20 Å². The minimum absolute atomic E-state index is 0.238. The summed E-state index contributed by atoms with van der Waals surface area (Å²) in [6.45, 7) is 0.238. The van der Waals surface area contributed by atoms with Gasteiger partial charge in [0.1, 0.15) is 5.56 Å². The van der Waals surface area contributed by atoms with E-state index in [2.05, 4.69) is 14.9 Å². The van der Waals surface area contributed by atoms with Gasteiger partial charge in [-0.05, 0) is 6.26 Å². The van der Waals surface area contributed by atoms with E-state index < -0.39 is 21.0 Å². The maximum Gasteiger partial charge on any atom is 0.340 e. The van der Waals surface area contributed by atoms with Gasteiger partial charge in [0.15, 0.2) is 5.03 Å². The summed E-state index contributed by atoms with van der Waals surface area (Å²) >= 11 is 1.48. The van der Waals surface area contributed by atoms with Crippen LogP contribution in [0.1, 0.15) is 10.4 Å². The number of aromatic nitrogens is 2. The average Bonchev–Trinajstić information content (AvgIpc) is 2.66. The summed E-state index contributed by atoms with van der Waals surface area (Å²) in [5.74, 6) is -0.727. The van der Waals surface area contributed by atoms with Crippen LogP contribution in [0.4, 0.5) is 0 Å². The third kappa shape index (κ3) is 2.97. The molecule has 0 aliphatic rings. The second kappa shape index (κ2) is 5.32. The third-order valence-corrected chi connectivity index (χ3v) is 3.75. The third-order valence-electron chi connectivity index (χ3n) is 1.70. The predicted molar refractivity (Wildman–Crippen MR) is 59.1 cm³/mol. The van der Waals surface area contributed by atoms with Gasteiger partial charge in [-0.2, -0.15) is 16.9 Å². The summed E-state index contributed by atoms with van der Waals surface area (Å²) < 4.78 is 25.6. The molecule has 0 bridgehead atoms. The standard InChI is InChI=1S/C7H11N3O4S2/c1-15-3-2-9-16(13,14)6-5(7(11)12)4-8-10-6/h4,9H,2-3H2,1H3,(H,8,10)(H,11,12). The van der Waals surface area contributed by atoms with Gasteiger partial charge in [0.25, 0.3) is 10.0 Å². The number of carboxylic acid groups (broad SMARTS) is 1. The molecule has 7 nitrogen and oxygen atoms in total. The quantitative estimate of drug-likeness (QED) is 0.611. The molecule has 0 unspecified atom stereocenters. The minimum atomic E-state index is -3.83. The van der Waals surface area contributed by atoms with Crippen LogP contribution in [0.2, 0.25) is 0 Å². The molecule has 16 heavy (non-hydrogen) atoms. The SMILES string of the molecule is CSCCNS(=O)(=O)c1[nH]ncc1C(=O)O. The van der Waals surface area contributed by atoms with Crippen molar-refractivity contribution in [3.63, 3.8) is 0 Å². The van der Waals surface area contributed by atoms with Crippen LogP contribution in [0.15, 0.2) is 11.2 Å². The van der Waals surface area contributed by atoms with Crippen molar-refractivity contribution in [1.82, 2.24) is 14.9 Å². The average molecular weight is 265 g/mol. The molecule has 0 atom stereocenters. The molecular formula is C7H11N3O4S2. The van der Waals surface area contributed by atoms with Crippen molar-refractivity contribution in [3.05, 3.63) is 11.8 Å². The van der Waals surface area contributed by atoms with E-state index in [0.717, 1.165) is 6.20 Å². The van der Waals surface area contributed by atoms with E-state index >= 15 is 0 Å². The molecule has 0 aliphatic heterocycles. The Balaban J connectivity index is 2.90. The van der Waals surface area contributed by atoms with Crippen molar-refractivity contribution in [2.75, 3.05) is 18.6 Å². The van der Waals surface area contributed by atoms with E-state index in [0.29, 0.717) is 5.75 Å². The van der Waals surface area contributed by atoms with E-state index in [9.17, 15) is 13.2 Å². The van der Waals surface area contributed by atoms with E-state index in [1.54, 1.807) is 0 Å². The molecule has 0 aliphatic carbocycles. The second-order valence-corrected chi connectivity index (χ2v) is 5.50. The lowest BCUT2D eigenvalue weighted by Gasteiger charge is -2.04. The summed E-state index contributed by atoms with van der Waals surface area (Å²) in [7, 11) is -3.83. The molecule has 0 spiro atoms. The van der Waals surface area contributed by atoms with E-state index in [-0.39, 0.29) is 12.1 Å². The van der Waals surface area contributed by atoms with Crippen molar-refractivity contribution in [2.45, 2.75) is 5.03 Å². The van der Waals surface area contributed by atoms with Gasteiger partial charge < -0.3 is 5.11 Å². The number of thioether (sulfide) groups is 1. The molecule has 90 valence electrons. The van der Waals surface area contributed by atoms with Crippen molar-refractivity contribution in [3.8, 4) is 0 Å². The Hall–Kier alpha value is -1.06. The van der Waals surface area contributed by atoms with Crippen LogP contribution in [-0.4, -0.2) is 48.2 Å². The van der Waals surface area contributed by atoms with Crippen LogP contribution >= 0.6 is 11.8 Å². The largest absolute Gasteiger partial charge is 0.478 e. The Kier molecular flexibility index (Phi) is 4.33. The number of sulfonamides is 1. The lowest BCUT2D eigenvalue weighted by Crippen LogP contribution is -2.27. The van der Waals surface area contributed by atoms with Crippen LogP contribution in [0.25, 0.3) is 0 Å². The summed E-state index contributed by atoms with van der Waals surface area (Å²) in [5.41, 5.74) is -0.364. The molecule has 9 heteroatoms. The first kappa shape index (κ1) is 13.0. The molecule has 1 heterocycles. The molecule has 0 radical (unpaired) electrons. The summed E-state index contributed by atoms with van der Waals surface area (Å²) in [4.78, 5) is 10.7. The number of aromatic amines is 1. The number of aromatic carboxylic acids is 1. The molecule has 1 rings (SSSR count). The summed E-state index contributed by atoms with van der Waals surface area (Å²) in [6.07, 6.45) is 2.80. The number of nitrogens with one attached hydrogen (secondary N) is 2. The summed E-state index contributed by atoms with van der Waals surface area (Å²) in [6, 6.07) is 0. The van der Waals surface area contributed by atoms with E-state index in [1.165, 1.54) is 11.8 Å². The highest BCUT2D eigenvalue weighted by Gasteiger charge is 2.24. The molecule has 1 aromatic rings. The first-order chi connectivity index (χ1) is 7.49. The zero-order chi connectivity index (χ0) is 12.2. The van der Waals surface area contributed by atoms with Gasteiger partial charge in [-0.25, -0.2) is 17.9 Å². The van der Waals surface area contributed by atoms with Crippen molar-refractivity contribution < 1.29 is 18.3 Å². The monoisotopic (exact) mass is 265 g/mol. The zero-order valence-electron chi connectivity index (χ0n) is 8.43. The number of carboxylic acids is 1. The molecule has 0 amide bonds. The van der Waals surface area contributed by atoms with Gasteiger partial charge in [0.2, 0.25) is 0 Å². The van der Waals surface area contributed by atoms with Gasteiger partial charge in [-0.15, -0.1) is 0 Å². The van der Waals surface area contributed by atoms with Crippen LogP contribution in [0.5, 0.6) is 0 Å². The topological polar surface area (TPSA) is 112 Å². The number of rotatable bonds is 6. The van der Waals surface area contributed by atoms with Crippen molar-refractivity contribution in [2.24, 2.45) is 0 Å². The van der Waals surface area contributed by atoms with E-state index in [4.69, 9.17) is 5.11 Å². The second-order valence-electron chi connectivity index (χ2n) is 2.81. The molecule has 3 N–H and O–H groups in total. The maximum atomic E-state index is 11.6. The smallest absolute Gasteiger partial charge is 0.340 e. The minimum Gasteiger partial charge on any atom is -0.478 e. The highest BCUT2D eigenvalue weighted by molar-refractivity contribution is 7.98. The molecule has 0 saturated heterocycles. The molecule has 0 aromatic carbocycles. The number of H-pyrrole nitrogens is 1. The number of carbonyl (C=O) groups is 1. The zero-order valence-corrected chi connectivity index (χ0v) is 10.1. The molecule has 0 saturated carbocycles. The Bertz CT molecular complexity index is 468. The lowest BCUT2D eigenvalue weighted by atomic mass is 10.4. The Labute approximate surface area is 96.7 Å². The fourth-order valence-electron chi connectivity index (χ4n) is 0.982.